The maximum atomic E-state index is 13.5. The second kappa shape index (κ2) is 14.3. The van der Waals surface area contributed by atoms with E-state index in [2.05, 4.69) is 10.6 Å². The molecular weight excluding hydrogens is 506 g/mol. The number of amides is 2. The van der Waals surface area contributed by atoms with Gasteiger partial charge in [0.05, 0.1) is 7.11 Å². The molecule has 2 rings (SSSR count). The third-order valence-electron chi connectivity index (χ3n) is 5.25. The molecule has 2 amide bonds. The van der Waals surface area contributed by atoms with E-state index in [4.69, 9.17) is 9.84 Å². The molecule has 0 bridgehead atoms. The number of rotatable bonds is 14. The second-order valence-electron chi connectivity index (χ2n) is 8.63. The lowest BCUT2D eigenvalue weighted by molar-refractivity contribution is -0.151. The van der Waals surface area contributed by atoms with Gasteiger partial charge in [0, 0.05) is 11.3 Å². The molecule has 0 spiro atoms. The summed E-state index contributed by atoms with van der Waals surface area (Å²) >= 11 is 1.25. The molecular formula is C26H30F2N2O6S. The maximum Gasteiger partial charge on any atom is 0.374 e. The Morgan fingerprint density at radius 3 is 2.00 bits per heavy atom. The predicted molar refractivity (Wildman–Crippen MR) is 135 cm³/mol. The normalized spacial score (nSPS) is 13.5. The molecule has 3 N–H and O–H groups in total. The van der Waals surface area contributed by atoms with E-state index in [1.807, 2.05) is 30.3 Å². The summed E-state index contributed by atoms with van der Waals surface area (Å²) in [6.07, 6.45) is -4.04. The zero-order valence-corrected chi connectivity index (χ0v) is 21.5. The first-order chi connectivity index (χ1) is 17.5. The first-order valence-electron chi connectivity index (χ1n) is 11.5. The topological polar surface area (TPSA) is 122 Å². The van der Waals surface area contributed by atoms with Crippen molar-refractivity contribution in [2.75, 3.05) is 7.11 Å². The van der Waals surface area contributed by atoms with Crippen molar-refractivity contribution in [3.8, 4) is 5.75 Å². The number of ether oxygens (including phenoxy) is 1. The van der Waals surface area contributed by atoms with E-state index >= 15 is 0 Å². The highest BCUT2D eigenvalue weighted by Crippen LogP contribution is 2.36. The highest BCUT2D eigenvalue weighted by Gasteiger charge is 2.33. The van der Waals surface area contributed by atoms with Crippen molar-refractivity contribution < 1.29 is 37.8 Å². The van der Waals surface area contributed by atoms with E-state index in [1.54, 1.807) is 38.1 Å². The van der Waals surface area contributed by atoms with E-state index in [-0.39, 0.29) is 12.3 Å². The zero-order valence-electron chi connectivity index (χ0n) is 20.6. The van der Waals surface area contributed by atoms with Crippen molar-refractivity contribution in [1.82, 2.24) is 10.6 Å². The number of halogens is 2. The Labute approximate surface area is 218 Å². The minimum atomic E-state index is -3.02. The van der Waals surface area contributed by atoms with E-state index in [9.17, 15) is 28.0 Å². The zero-order chi connectivity index (χ0) is 27.5. The van der Waals surface area contributed by atoms with Gasteiger partial charge in [0.1, 0.15) is 23.1 Å². The van der Waals surface area contributed by atoms with Gasteiger partial charge in [-0.1, -0.05) is 44.2 Å². The minimum absolute atomic E-state index is 0.0963. The molecule has 0 aromatic heterocycles. The van der Waals surface area contributed by atoms with Crippen LogP contribution in [0.3, 0.4) is 0 Å². The van der Waals surface area contributed by atoms with Crippen LogP contribution in [0.4, 0.5) is 8.78 Å². The van der Waals surface area contributed by atoms with Gasteiger partial charge >= 0.3 is 5.97 Å². The summed E-state index contributed by atoms with van der Waals surface area (Å²) in [6.45, 7) is 3.59. The van der Waals surface area contributed by atoms with Crippen molar-refractivity contribution in [1.29, 1.82) is 0 Å². The molecule has 200 valence electrons. The smallest absolute Gasteiger partial charge is 0.374 e. The van der Waals surface area contributed by atoms with Crippen LogP contribution in [0.1, 0.15) is 37.5 Å². The largest absolute Gasteiger partial charge is 0.497 e. The lowest BCUT2D eigenvalue weighted by atomic mass is 10.0. The van der Waals surface area contributed by atoms with Crippen LogP contribution in [-0.2, 0) is 19.2 Å². The third-order valence-corrected chi connectivity index (χ3v) is 6.52. The Morgan fingerprint density at radius 1 is 0.892 bits per heavy atom. The number of nitrogens with one attached hydrogen (secondary N) is 2. The number of hydrogen-bond donors (Lipinski definition) is 3. The minimum Gasteiger partial charge on any atom is -0.497 e. The summed E-state index contributed by atoms with van der Waals surface area (Å²) in [4.78, 5) is 50.2. The molecule has 0 aliphatic rings. The molecule has 1 unspecified atom stereocenters. The number of ketones is 1. The monoisotopic (exact) mass is 536 g/mol. The molecule has 0 saturated carbocycles. The molecule has 0 saturated heterocycles. The fourth-order valence-corrected chi connectivity index (χ4v) is 4.52. The quantitative estimate of drug-likeness (QED) is 0.248. The van der Waals surface area contributed by atoms with Crippen LogP contribution < -0.4 is 15.4 Å². The Kier molecular flexibility index (Phi) is 11.5. The average Bonchev–Trinajstić information content (AvgIpc) is 2.86. The van der Waals surface area contributed by atoms with Gasteiger partial charge < -0.3 is 20.5 Å². The molecule has 2 aromatic rings. The molecule has 3 atom stereocenters. The summed E-state index contributed by atoms with van der Waals surface area (Å²) in [5, 5.41) is 12.9. The Morgan fingerprint density at radius 2 is 1.49 bits per heavy atom. The fourth-order valence-electron chi connectivity index (χ4n) is 3.47. The van der Waals surface area contributed by atoms with Crippen LogP contribution in [0, 0.1) is 5.92 Å². The number of carbonyl (C=O) groups is 4. The predicted octanol–water partition coefficient (Wildman–Crippen LogP) is 3.85. The standard InChI is InChI=1S/C26H30F2N2O6S/c1-15(2)13-20(24(32)29-19(14-21(27)28)22(31)26(34)35)30-25(33)23(37-18-7-5-4-6-8-18)16-9-11-17(36-3)12-10-16/h4-12,15,19-21,23H,13-14H2,1-3H3,(H,29,32)(H,30,33)(H,34,35)/t19-,20-,23?/m0/s1. The van der Waals surface area contributed by atoms with E-state index in [0.717, 1.165) is 4.90 Å². The van der Waals surface area contributed by atoms with Crippen LogP contribution in [-0.4, -0.2) is 54.3 Å². The number of aliphatic carboxylic acids is 1. The third kappa shape index (κ3) is 9.49. The molecule has 0 radical (unpaired) electrons. The number of thioether (sulfide) groups is 1. The average molecular weight is 537 g/mol. The summed E-state index contributed by atoms with van der Waals surface area (Å²) in [6, 6.07) is 12.9. The Balaban J connectivity index is 2.31. The van der Waals surface area contributed by atoms with Gasteiger partial charge in [0.25, 0.3) is 5.78 Å². The van der Waals surface area contributed by atoms with E-state index in [1.165, 1.54) is 18.9 Å². The fraction of sp³-hybridized carbons (Fsp3) is 0.385. The molecule has 2 aromatic carbocycles. The lowest BCUT2D eigenvalue weighted by Gasteiger charge is -2.25. The first-order valence-corrected chi connectivity index (χ1v) is 12.4. The highest BCUT2D eigenvalue weighted by atomic mass is 32.2. The van der Waals surface area contributed by atoms with Gasteiger partial charge in [-0.25, -0.2) is 13.6 Å². The van der Waals surface area contributed by atoms with Gasteiger partial charge in [-0.3, -0.25) is 14.4 Å². The summed E-state index contributed by atoms with van der Waals surface area (Å²) in [5.74, 6) is -4.43. The molecule has 0 aliphatic heterocycles. The molecule has 11 heteroatoms. The summed E-state index contributed by atoms with van der Waals surface area (Å²) in [5.41, 5.74) is 0.632. The summed E-state index contributed by atoms with van der Waals surface area (Å²) in [7, 11) is 1.52. The number of benzene rings is 2. The van der Waals surface area contributed by atoms with E-state index in [0.29, 0.717) is 11.3 Å². The van der Waals surface area contributed by atoms with Crippen molar-refractivity contribution in [3.63, 3.8) is 0 Å². The first kappa shape index (κ1) is 29.8. The number of Topliss-reactive ketones (excluding diaryl/α,β-unsaturated/α-hetero) is 1. The van der Waals surface area contributed by atoms with Crippen LogP contribution in [0.25, 0.3) is 0 Å². The SMILES string of the molecule is COc1ccc(C(Sc2ccccc2)C(=O)N[C@@H](CC(C)C)C(=O)N[C@@H](CC(F)F)C(=O)C(=O)O)cc1. The van der Waals surface area contributed by atoms with Gasteiger partial charge in [-0.05, 0) is 42.2 Å². The number of carboxylic acid groups (broad SMARTS) is 1. The molecule has 8 nitrogen and oxygen atoms in total. The van der Waals surface area contributed by atoms with Crippen molar-refractivity contribution in [2.45, 2.75) is 55.3 Å². The maximum absolute atomic E-state index is 13.5. The van der Waals surface area contributed by atoms with Gasteiger partial charge in [-0.2, -0.15) is 0 Å². The molecule has 0 fully saturated rings. The highest BCUT2D eigenvalue weighted by molar-refractivity contribution is 8.00. The Bertz CT molecular complexity index is 1070. The number of methoxy groups -OCH3 is 1. The van der Waals surface area contributed by atoms with Crippen LogP contribution in [0.2, 0.25) is 0 Å². The number of hydrogen-bond acceptors (Lipinski definition) is 6. The Hall–Kier alpha value is -3.47. The van der Waals surface area contributed by atoms with Crippen molar-refractivity contribution in [3.05, 3.63) is 60.2 Å². The van der Waals surface area contributed by atoms with Crippen LogP contribution >= 0.6 is 11.8 Å². The van der Waals surface area contributed by atoms with E-state index < -0.39 is 53.7 Å². The number of carboxylic acids is 1. The van der Waals surface area contributed by atoms with Crippen molar-refractivity contribution >= 4 is 35.3 Å². The molecule has 37 heavy (non-hydrogen) atoms. The second-order valence-corrected chi connectivity index (χ2v) is 9.81. The molecule has 0 heterocycles. The van der Waals surface area contributed by atoms with Crippen LogP contribution in [0.15, 0.2) is 59.5 Å². The summed E-state index contributed by atoms with van der Waals surface area (Å²) < 4.78 is 31.1. The molecule has 0 aliphatic carbocycles. The number of carbonyl (C=O) groups excluding carboxylic acids is 3. The van der Waals surface area contributed by atoms with Gasteiger partial charge in [0.2, 0.25) is 18.2 Å². The number of alkyl halides is 2. The van der Waals surface area contributed by atoms with Gasteiger partial charge in [0.15, 0.2) is 0 Å². The lowest BCUT2D eigenvalue weighted by Crippen LogP contribution is -2.54. The van der Waals surface area contributed by atoms with Crippen molar-refractivity contribution in [2.24, 2.45) is 5.92 Å². The van der Waals surface area contributed by atoms with Crippen LogP contribution in [0.5, 0.6) is 5.75 Å². The van der Waals surface area contributed by atoms with Gasteiger partial charge in [-0.15, -0.1) is 11.8 Å².